The van der Waals surface area contributed by atoms with Crippen LogP contribution in [0.4, 0.5) is 0 Å². The summed E-state index contributed by atoms with van der Waals surface area (Å²) < 4.78 is 5.93. The van der Waals surface area contributed by atoms with Gasteiger partial charge in [-0.2, -0.15) is 0 Å². The summed E-state index contributed by atoms with van der Waals surface area (Å²) in [7, 11) is 0. The lowest BCUT2D eigenvalue weighted by Crippen LogP contribution is -2.53. The van der Waals surface area contributed by atoms with E-state index in [0.717, 1.165) is 11.1 Å². The number of nitrogens with zero attached hydrogens (tertiary/aromatic N) is 1. The van der Waals surface area contributed by atoms with Crippen LogP contribution in [-0.2, 0) is 14.3 Å². The van der Waals surface area contributed by atoms with Crippen molar-refractivity contribution < 1.29 is 14.3 Å². The van der Waals surface area contributed by atoms with Crippen molar-refractivity contribution in [1.82, 2.24) is 4.90 Å². The molecule has 5 nitrogen and oxygen atoms in total. The Morgan fingerprint density at radius 3 is 2.50 bits per heavy atom. The molecule has 2 aliphatic rings. The van der Waals surface area contributed by atoms with Gasteiger partial charge in [0.1, 0.15) is 11.2 Å². The van der Waals surface area contributed by atoms with E-state index in [4.69, 9.17) is 22.1 Å². The minimum Gasteiger partial charge on any atom is -0.448 e. The van der Waals surface area contributed by atoms with Crippen molar-refractivity contribution in [3.63, 3.8) is 0 Å². The monoisotopic (exact) mass is 414 g/mol. The lowest BCUT2D eigenvalue weighted by Gasteiger charge is -2.42. The number of ether oxygens (including phenoxy) is 1. The van der Waals surface area contributed by atoms with E-state index in [1.165, 1.54) is 4.90 Å². The quantitative estimate of drug-likeness (QED) is 0.349. The van der Waals surface area contributed by atoms with Crippen LogP contribution in [0.15, 0.2) is 66.4 Å². The molecule has 2 aromatic carbocycles. The third-order valence-electron chi connectivity index (χ3n) is 4.84. The van der Waals surface area contributed by atoms with E-state index in [-0.39, 0.29) is 11.3 Å². The SMILES string of the molecule is NC(Cl)c1ccccc1C(OC(=O)C1=CCSC2CC(=O)N12)c1ccccc1. The van der Waals surface area contributed by atoms with Gasteiger partial charge in [0.25, 0.3) is 0 Å². The van der Waals surface area contributed by atoms with Crippen LogP contribution in [0, 0.1) is 0 Å². The van der Waals surface area contributed by atoms with Gasteiger partial charge in [0.2, 0.25) is 5.91 Å². The van der Waals surface area contributed by atoms with Gasteiger partial charge in [-0.05, 0) is 17.2 Å². The zero-order valence-electron chi connectivity index (χ0n) is 15.0. The Morgan fingerprint density at radius 1 is 1.14 bits per heavy atom. The van der Waals surface area contributed by atoms with Gasteiger partial charge in [-0.15, -0.1) is 23.4 Å². The highest BCUT2D eigenvalue weighted by Crippen LogP contribution is 2.39. The van der Waals surface area contributed by atoms with Crippen molar-refractivity contribution in [2.75, 3.05) is 5.75 Å². The molecule has 4 rings (SSSR count). The van der Waals surface area contributed by atoms with Crippen LogP contribution in [0.1, 0.15) is 34.7 Å². The standard InChI is InChI=1S/C21H19ClN2O3S/c22-20(23)15-9-5-4-8-14(15)19(13-6-2-1-3-7-13)27-21(26)16-10-11-28-18-12-17(25)24(16)18/h1-10,18-20H,11-12,23H2. The van der Waals surface area contributed by atoms with Gasteiger partial charge in [-0.25, -0.2) is 4.79 Å². The maximum atomic E-state index is 13.0. The molecule has 28 heavy (non-hydrogen) atoms. The lowest BCUT2D eigenvalue weighted by atomic mass is 9.96. The molecule has 3 unspecified atom stereocenters. The van der Waals surface area contributed by atoms with Gasteiger partial charge < -0.3 is 10.5 Å². The van der Waals surface area contributed by atoms with Crippen LogP contribution in [0.5, 0.6) is 0 Å². The smallest absolute Gasteiger partial charge is 0.355 e. The fourth-order valence-electron chi connectivity index (χ4n) is 3.44. The van der Waals surface area contributed by atoms with E-state index in [2.05, 4.69) is 0 Å². The molecule has 1 saturated heterocycles. The average Bonchev–Trinajstić information content (AvgIpc) is 2.71. The topological polar surface area (TPSA) is 72.6 Å². The predicted molar refractivity (Wildman–Crippen MR) is 109 cm³/mol. The number of carbonyl (C=O) groups is 2. The molecule has 0 radical (unpaired) electrons. The van der Waals surface area contributed by atoms with Crippen LogP contribution < -0.4 is 5.73 Å². The second-order valence-corrected chi connectivity index (χ2v) is 8.25. The second kappa shape index (κ2) is 7.99. The first kappa shape index (κ1) is 19.1. The van der Waals surface area contributed by atoms with E-state index in [1.807, 2.05) is 54.6 Å². The van der Waals surface area contributed by atoms with Gasteiger partial charge in [-0.1, -0.05) is 54.6 Å². The zero-order chi connectivity index (χ0) is 19.7. The first-order chi connectivity index (χ1) is 13.6. The number of esters is 1. The van der Waals surface area contributed by atoms with Gasteiger partial charge in [-0.3, -0.25) is 9.69 Å². The van der Waals surface area contributed by atoms with E-state index in [0.29, 0.717) is 23.4 Å². The Bertz CT molecular complexity index is 932. The van der Waals surface area contributed by atoms with Crippen molar-refractivity contribution in [2.24, 2.45) is 5.73 Å². The Morgan fingerprint density at radius 2 is 1.82 bits per heavy atom. The third kappa shape index (κ3) is 3.55. The molecule has 7 heteroatoms. The number of fused-ring (bicyclic) bond motifs is 1. The summed E-state index contributed by atoms with van der Waals surface area (Å²) in [4.78, 5) is 26.5. The highest BCUT2D eigenvalue weighted by Gasteiger charge is 2.43. The molecule has 2 N–H and O–H groups in total. The number of nitrogens with two attached hydrogens (primary N) is 1. The largest absolute Gasteiger partial charge is 0.448 e. The van der Waals surface area contributed by atoms with Crippen molar-refractivity contribution in [1.29, 1.82) is 0 Å². The fourth-order valence-corrected chi connectivity index (χ4v) is 4.75. The van der Waals surface area contributed by atoms with Crippen LogP contribution in [0.3, 0.4) is 0 Å². The number of amides is 1. The van der Waals surface area contributed by atoms with Crippen LogP contribution >= 0.6 is 23.4 Å². The molecule has 2 aromatic rings. The number of carbonyl (C=O) groups excluding carboxylic acids is 2. The van der Waals surface area contributed by atoms with Crippen molar-refractivity contribution in [3.05, 3.63) is 83.1 Å². The van der Waals surface area contributed by atoms with Gasteiger partial charge >= 0.3 is 5.97 Å². The lowest BCUT2D eigenvalue weighted by molar-refractivity contribution is -0.151. The molecule has 0 aliphatic carbocycles. The fraction of sp³-hybridized carbons (Fsp3) is 0.238. The molecule has 0 saturated carbocycles. The maximum absolute atomic E-state index is 13.0. The second-order valence-electron chi connectivity index (χ2n) is 6.57. The molecule has 0 aromatic heterocycles. The van der Waals surface area contributed by atoms with E-state index in [9.17, 15) is 9.59 Å². The Hall–Kier alpha value is -2.28. The average molecular weight is 415 g/mol. The predicted octanol–water partition coefficient (Wildman–Crippen LogP) is 3.70. The highest BCUT2D eigenvalue weighted by atomic mass is 35.5. The van der Waals surface area contributed by atoms with Crippen molar-refractivity contribution in [3.8, 4) is 0 Å². The molecule has 2 heterocycles. The molecule has 0 spiro atoms. The summed E-state index contributed by atoms with van der Waals surface area (Å²) in [6.45, 7) is 0. The summed E-state index contributed by atoms with van der Waals surface area (Å²) >= 11 is 7.81. The minimum atomic E-state index is -0.729. The Kier molecular flexibility index (Phi) is 5.44. The number of alkyl halides is 1. The number of thioether (sulfide) groups is 1. The number of rotatable bonds is 5. The Balaban J connectivity index is 1.69. The summed E-state index contributed by atoms with van der Waals surface area (Å²) in [6, 6.07) is 16.8. The minimum absolute atomic E-state index is 0.0266. The van der Waals surface area contributed by atoms with Crippen LogP contribution in [-0.4, -0.2) is 27.9 Å². The van der Waals surface area contributed by atoms with Gasteiger partial charge in [0, 0.05) is 11.3 Å². The van der Waals surface area contributed by atoms with E-state index in [1.54, 1.807) is 17.8 Å². The van der Waals surface area contributed by atoms with E-state index >= 15 is 0 Å². The number of hydrogen-bond donors (Lipinski definition) is 1. The zero-order valence-corrected chi connectivity index (χ0v) is 16.5. The normalized spacial score (nSPS) is 20.5. The molecule has 0 bridgehead atoms. The molecule has 3 atom stereocenters. The van der Waals surface area contributed by atoms with E-state index < -0.39 is 17.6 Å². The first-order valence-corrected chi connectivity index (χ1v) is 10.4. The van der Waals surface area contributed by atoms with Gasteiger partial charge in [0.15, 0.2) is 6.10 Å². The summed E-state index contributed by atoms with van der Waals surface area (Å²) in [5.41, 5.74) is 7.73. The van der Waals surface area contributed by atoms with Crippen LogP contribution in [0.25, 0.3) is 0 Å². The number of halogens is 1. The van der Waals surface area contributed by atoms with Crippen molar-refractivity contribution in [2.45, 2.75) is 23.4 Å². The third-order valence-corrected chi connectivity index (χ3v) is 6.20. The number of β-lactam (4-membered cyclic amide) rings is 1. The molecule has 144 valence electrons. The molecule has 1 amide bonds. The summed E-state index contributed by atoms with van der Waals surface area (Å²) in [6.07, 6.45) is 1.53. The summed E-state index contributed by atoms with van der Waals surface area (Å²) in [5, 5.41) is 0.0266. The molecule has 1 fully saturated rings. The molecule has 2 aliphatic heterocycles. The maximum Gasteiger partial charge on any atom is 0.355 e. The Labute approximate surface area is 172 Å². The first-order valence-electron chi connectivity index (χ1n) is 8.94. The molecular formula is C21H19ClN2O3S. The van der Waals surface area contributed by atoms with Gasteiger partial charge in [0.05, 0.1) is 11.8 Å². The number of hydrogen-bond acceptors (Lipinski definition) is 5. The van der Waals surface area contributed by atoms with Crippen molar-refractivity contribution >= 4 is 35.2 Å². The molecular weight excluding hydrogens is 396 g/mol. The highest BCUT2D eigenvalue weighted by molar-refractivity contribution is 8.00. The van der Waals surface area contributed by atoms with Crippen LogP contribution in [0.2, 0.25) is 0 Å². The summed E-state index contributed by atoms with van der Waals surface area (Å²) in [5.74, 6) is 0.0999. The number of benzene rings is 2.